The standard InChI is InChI=1S/C14H6F8N2O2/c1-25-13-8(20)12(9(21)14(26-2)10(13)22)24-23-11-6(18)4(16)3(15)5(17)7(11)19/h1-2H3. The lowest BCUT2D eigenvalue weighted by Gasteiger charge is -2.11. The number of hydrogen-bond acceptors (Lipinski definition) is 4. The number of rotatable bonds is 4. The van der Waals surface area contributed by atoms with Crippen LogP contribution in [0.15, 0.2) is 10.2 Å². The van der Waals surface area contributed by atoms with Crippen molar-refractivity contribution < 1.29 is 44.6 Å². The Hall–Kier alpha value is -2.92. The second-order valence-corrected chi connectivity index (χ2v) is 4.48. The molecule has 2 aromatic rings. The highest BCUT2D eigenvalue weighted by Gasteiger charge is 2.29. The third-order valence-corrected chi connectivity index (χ3v) is 3.06. The minimum Gasteiger partial charge on any atom is -0.491 e. The number of halogens is 8. The summed E-state index contributed by atoms with van der Waals surface area (Å²) < 4.78 is 117. The monoisotopic (exact) mass is 386 g/mol. The smallest absolute Gasteiger partial charge is 0.213 e. The first-order valence-electron chi connectivity index (χ1n) is 6.38. The molecule has 0 bridgehead atoms. The number of benzene rings is 2. The van der Waals surface area contributed by atoms with Gasteiger partial charge in [-0.2, -0.15) is 4.39 Å². The summed E-state index contributed by atoms with van der Waals surface area (Å²) in [6, 6.07) is 0. The fraction of sp³-hybridized carbons (Fsp3) is 0.143. The van der Waals surface area contributed by atoms with E-state index in [1.165, 1.54) is 0 Å². The fourth-order valence-electron chi connectivity index (χ4n) is 1.83. The molecule has 2 aromatic carbocycles. The third kappa shape index (κ3) is 2.91. The molecule has 0 fully saturated rings. The van der Waals surface area contributed by atoms with Gasteiger partial charge in [0.05, 0.1) is 14.2 Å². The summed E-state index contributed by atoms with van der Waals surface area (Å²) in [5, 5.41) is 5.44. The molecule has 0 saturated heterocycles. The van der Waals surface area contributed by atoms with Gasteiger partial charge >= 0.3 is 0 Å². The summed E-state index contributed by atoms with van der Waals surface area (Å²) in [4.78, 5) is 0. The minimum atomic E-state index is -2.46. The van der Waals surface area contributed by atoms with E-state index in [1.807, 2.05) is 0 Å². The minimum absolute atomic E-state index is 0.809. The Morgan fingerprint density at radius 2 is 0.769 bits per heavy atom. The zero-order chi connectivity index (χ0) is 19.8. The summed E-state index contributed by atoms with van der Waals surface area (Å²) in [5.74, 6) is -19.4. The van der Waals surface area contributed by atoms with Gasteiger partial charge in [-0.25, -0.2) is 30.7 Å². The van der Waals surface area contributed by atoms with Crippen molar-refractivity contribution >= 4 is 11.4 Å². The van der Waals surface area contributed by atoms with Gasteiger partial charge in [-0.15, -0.1) is 10.2 Å². The summed E-state index contributed by atoms with van der Waals surface area (Å²) in [6.45, 7) is 0. The van der Waals surface area contributed by atoms with Gasteiger partial charge in [0, 0.05) is 0 Å². The molecule has 4 nitrogen and oxygen atoms in total. The molecule has 0 atom stereocenters. The summed E-state index contributed by atoms with van der Waals surface area (Å²) in [5.41, 5.74) is -3.24. The molecular weight excluding hydrogens is 380 g/mol. The van der Waals surface area contributed by atoms with Crippen molar-refractivity contribution in [1.29, 1.82) is 0 Å². The Balaban J connectivity index is 2.71. The van der Waals surface area contributed by atoms with Crippen LogP contribution in [0, 0.1) is 46.5 Å². The molecule has 0 saturated carbocycles. The topological polar surface area (TPSA) is 43.2 Å². The quantitative estimate of drug-likeness (QED) is 0.313. The van der Waals surface area contributed by atoms with Crippen molar-refractivity contribution in [2.24, 2.45) is 10.2 Å². The average molecular weight is 386 g/mol. The highest BCUT2D eigenvalue weighted by Crippen LogP contribution is 2.41. The molecule has 0 aliphatic rings. The number of methoxy groups -OCH3 is 2. The third-order valence-electron chi connectivity index (χ3n) is 3.06. The first kappa shape index (κ1) is 19.4. The molecule has 26 heavy (non-hydrogen) atoms. The molecule has 140 valence electrons. The lowest BCUT2D eigenvalue weighted by atomic mass is 10.2. The molecule has 0 aromatic heterocycles. The molecule has 0 N–H and O–H groups in total. The van der Waals surface area contributed by atoms with Crippen molar-refractivity contribution in [3.05, 3.63) is 46.5 Å². The van der Waals surface area contributed by atoms with Crippen LogP contribution < -0.4 is 9.47 Å². The molecule has 0 aliphatic carbocycles. The highest BCUT2D eigenvalue weighted by molar-refractivity contribution is 5.55. The molecule has 0 unspecified atom stereocenters. The van der Waals surface area contributed by atoms with E-state index in [0.29, 0.717) is 0 Å². The first-order valence-corrected chi connectivity index (χ1v) is 6.38. The summed E-state index contributed by atoms with van der Waals surface area (Å²) >= 11 is 0. The van der Waals surface area contributed by atoms with Crippen LogP contribution in [-0.2, 0) is 0 Å². The van der Waals surface area contributed by atoms with E-state index in [4.69, 9.17) is 0 Å². The molecule has 0 heterocycles. The van der Waals surface area contributed by atoms with Gasteiger partial charge in [0.15, 0.2) is 57.8 Å². The van der Waals surface area contributed by atoms with Crippen LogP contribution >= 0.6 is 0 Å². The summed E-state index contributed by atoms with van der Waals surface area (Å²) in [7, 11) is 1.62. The number of hydrogen-bond donors (Lipinski definition) is 0. The molecular formula is C14H6F8N2O2. The van der Waals surface area contributed by atoms with Crippen LogP contribution in [0.5, 0.6) is 11.5 Å². The maximum atomic E-state index is 14.0. The van der Waals surface area contributed by atoms with Crippen molar-refractivity contribution in [3.63, 3.8) is 0 Å². The predicted octanol–water partition coefficient (Wildman–Crippen LogP) is 5.23. The molecule has 2 rings (SSSR count). The zero-order valence-electron chi connectivity index (χ0n) is 12.7. The van der Waals surface area contributed by atoms with E-state index in [9.17, 15) is 35.1 Å². The van der Waals surface area contributed by atoms with Gasteiger partial charge in [-0.1, -0.05) is 0 Å². The van der Waals surface area contributed by atoms with Crippen molar-refractivity contribution in [3.8, 4) is 11.5 Å². The molecule has 0 spiro atoms. The molecule has 0 amide bonds. The van der Waals surface area contributed by atoms with E-state index in [-0.39, 0.29) is 0 Å². The predicted molar refractivity (Wildman–Crippen MR) is 69.8 cm³/mol. The van der Waals surface area contributed by atoms with Gasteiger partial charge < -0.3 is 9.47 Å². The largest absolute Gasteiger partial charge is 0.491 e. The van der Waals surface area contributed by atoms with E-state index >= 15 is 0 Å². The SMILES string of the molecule is COc1c(F)c(N=Nc2c(F)c(F)c(F)c(F)c2F)c(F)c(OC)c1F. The van der Waals surface area contributed by atoms with Crippen molar-refractivity contribution in [1.82, 2.24) is 0 Å². The lowest BCUT2D eigenvalue weighted by molar-refractivity contribution is 0.319. The normalized spacial score (nSPS) is 11.3. The van der Waals surface area contributed by atoms with Crippen LogP contribution in [-0.4, -0.2) is 14.2 Å². The second kappa shape index (κ2) is 7.14. The van der Waals surface area contributed by atoms with Gasteiger partial charge in [-0.3, -0.25) is 0 Å². The Morgan fingerprint density at radius 1 is 0.462 bits per heavy atom. The van der Waals surface area contributed by atoms with Gasteiger partial charge in [0.1, 0.15) is 0 Å². The van der Waals surface area contributed by atoms with E-state index < -0.39 is 69.4 Å². The average Bonchev–Trinajstić information content (AvgIpc) is 2.61. The Kier molecular flexibility index (Phi) is 5.33. The fourth-order valence-corrected chi connectivity index (χ4v) is 1.83. The number of ether oxygens (including phenoxy) is 2. The zero-order valence-corrected chi connectivity index (χ0v) is 12.7. The molecule has 0 radical (unpaired) electrons. The van der Waals surface area contributed by atoms with Crippen molar-refractivity contribution in [2.75, 3.05) is 14.2 Å². The van der Waals surface area contributed by atoms with Crippen LogP contribution in [0.3, 0.4) is 0 Å². The number of nitrogens with zero attached hydrogens (tertiary/aromatic N) is 2. The maximum Gasteiger partial charge on any atom is 0.213 e. The second-order valence-electron chi connectivity index (χ2n) is 4.48. The molecule has 0 aliphatic heterocycles. The highest BCUT2D eigenvalue weighted by atomic mass is 19.2. The van der Waals surface area contributed by atoms with E-state index in [2.05, 4.69) is 19.7 Å². The Labute approximate surface area is 139 Å². The van der Waals surface area contributed by atoms with Crippen LogP contribution in [0.4, 0.5) is 46.5 Å². The van der Waals surface area contributed by atoms with Crippen molar-refractivity contribution in [2.45, 2.75) is 0 Å². The van der Waals surface area contributed by atoms with Crippen LogP contribution in [0.25, 0.3) is 0 Å². The van der Waals surface area contributed by atoms with Gasteiger partial charge in [0.25, 0.3) is 0 Å². The van der Waals surface area contributed by atoms with Crippen LogP contribution in [0.2, 0.25) is 0 Å². The molecule has 12 heteroatoms. The van der Waals surface area contributed by atoms with E-state index in [0.717, 1.165) is 14.2 Å². The lowest BCUT2D eigenvalue weighted by Crippen LogP contribution is -2.01. The summed E-state index contributed by atoms with van der Waals surface area (Å²) in [6.07, 6.45) is 0. The van der Waals surface area contributed by atoms with E-state index in [1.54, 1.807) is 0 Å². The Morgan fingerprint density at radius 3 is 1.12 bits per heavy atom. The first-order chi connectivity index (χ1) is 12.2. The Bertz CT molecular complexity index is 857. The van der Waals surface area contributed by atoms with Gasteiger partial charge in [-0.05, 0) is 0 Å². The van der Waals surface area contributed by atoms with Gasteiger partial charge in [0.2, 0.25) is 11.6 Å². The maximum absolute atomic E-state index is 14.0. The van der Waals surface area contributed by atoms with Crippen LogP contribution in [0.1, 0.15) is 0 Å². The number of azo groups is 1.